The highest BCUT2D eigenvalue weighted by Gasteiger charge is 2.08. The molecule has 30 heavy (non-hydrogen) atoms. The fourth-order valence-corrected chi connectivity index (χ4v) is 2.42. The first kappa shape index (κ1) is 22.9. The Morgan fingerprint density at radius 1 is 0.867 bits per heavy atom. The molecule has 160 valence electrons. The molecule has 0 spiro atoms. The maximum Gasteiger partial charge on any atom is 0.251 e. The SMILES string of the molecule is COCCNC(=O)c1ccc(NCC(=O)Nc2ccc(NC(=O)C(C)C)cc2)cc1. The Bertz CT molecular complexity index is 848. The number of amides is 3. The monoisotopic (exact) mass is 412 g/mol. The molecule has 0 aromatic heterocycles. The second-order valence-electron chi connectivity index (χ2n) is 6.95. The molecule has 8 nitrogen and oxygen atoms in total. The van der Waals surface area contributed by atoms with Gasteiger partial charge in [0, 0.05) is 42.2 Å². The van der Waals surface area contributed by atoms with E-state index in [4.69, 9.17) is 4.74 Å². The largest absolute Gasteiger partial charge is 0.383 e. The van der Waals surface area contributed by atoms with Gasteiger partial charge in [-0.15, -0.1) is 0 Å². The molecule has 2 aromatic rings. The van der Waals surface area contributed by atoms with E-state index in [1.807, 2.05) is 13.8 Å². The zero-order valence-electron chi connectivity index (χ0n) is 17.5. The van der Waals surface area contributed by atoms with E-state index in [9.17, 15) is 14.4 Å². The molecule has 0 heterocycles. The first-order chi connectivity index (χ1) is 14.4. The second kappa shape index (κ2) is 11.6. The lowest BCUT2D eigenvalue weighted by Crippen LogP contribution is -2.26. The van der Waals surface area contributed by atoms with Crippen molar-refractivity contribution in [1.82, 2.24) is 5.32 Å². The summed E-state index contributed by atoms with van der Waals surface area (Å²) in [5.74, 6) is -0.552. The lowest BCUT2D eigenvalue weighted by atomic mass is 10.2. The van der Waals surface area contributed by atoms with Crippen LogP contribution in [0.2, 0.25) is 0 Å². The van der Waals surface area contributed by atoms with Gasteiger partial charge in [0.15, 0.2) is 0 Å². The fraction of sp³-hybridized carbons (Fsp3) is 0.318. The lowest BCUT2D eigenvalue weighted by molar-refractivity contribution is -0.119. The number of hydrogen-bond acceptors (Lipinski definition) is 5. The normalized spacial score (nSPS) is 10.4. The molecule has 0 unspecified atom stereocenters. The quantitative estimate of drug-likeness (QED) is 0.449. The summed E-state index contributed by atoms with van der Waals surface area (Å²) < 4.78 is 4.89. The van der Waals surface area contributed by atoms with E-state index in [1.165, 1.54) is 0 Å². The lowest BCUT2D eigenvalue weighted by Gasteiger charge is -2.10. The zero-order chi connectivity index (χ0) is 21.9. The molecule has 0 saturated heterocycles. The van der Waals surface area contributed by atoms with Crippen LogP contribution < -0.4 is 21.3 Å². The highest BCUT2D eigenvalue weighted by molar-refractivity contribution is 5.96. The molecule has 0 aliphatic heterocycles. The highest BCUT2D eigenvalue weighted by Crippen LogP contribution is 2.15. The number of hydrogen-bond donors (Lipinski definition) is 4. The van der Waals surface area contributed by atoms with Crippen LogP contribution in [0.15, 0.2) is 48.5 Å². The number of nitrogens with one attached hydrogen (secondary N) is 4. The molecule has 2 rings (SSSR count). The van der Waals surface area contributed by atoms with E-state index in [0.717, 1.165) is 5.69 Å². The summed E-state index contributed by atoms with van der Waals surface area (Å²) in [5, 5.41) is 11.3. The zero-order valence-corrected chi connectivity index (χ0v) is 17.5. The molecule has 0 aliphatic rings. The standard InChI is InChI=1S/C22H28N4O4/c1-15(2)21(28)26-19-10-8-18(9-11-19)25-20(27)14-24-17-6-4-16(5-7-17)22(29)23-12-13-30-3/h4-11,15,24H,12-14H2,1-3H3,(H,23,29)(H,25,27)(H,26,28). The van der Waals surface area contributed by atoms with Crippen molar-refractivity contribution in [3.63, 3.8) is 0 Å². The van der Waals surface area contributed by atoms with Gasteiger partial charge in [-0.2, -0.15) is 0 Å². The van der Waals surface area contributed by atoms with Gasteiger partial charge in [0.1, 0.15) is 0 Å². The summed E-state index contributed by atoms with van der Waals surface area (Å²) in [6, 6.07) is 13.8. The smallest absolute Gasteiger partial charge is 0.251 e. The average molecular weight is 412 g/mol. The van der Waals surface area contributed by atoms with Crippen molar-refractivity contribution in [3.8, 4) is 0 Å². The summed E-state index contributed by atoms with van der Waals surface area (Å²) >= 11 is 0. The summed E-state index contributed by atoms with van der Waals surface area (Å²) in [6.07, 6.45) is 0. The van der Waals surface area contributed by atoms with Crippen LogP contribution in [0.1, 0.15) is 24.2 Å². The first-order valence-corrected chi connectivity index (χ1v) is 9.71. The minimum atomic E-state index is -0.213. The average Bonchev–Trinajstić information content (AvgIpc) is 2.74. The van der Waals surface area contributed by atoms with Crippen molar-refractivity contribution in [2.75, 3.05) is 42.8 Å². The molecular formula is C22H28N4O4. The van der Waals surface area contributed by atoms with Crippen LogP contribution in [-0.2, 0) is 14.3 Å². The van der Waals surface area contributed by atoms with E-state index in [-0.39, 0.29) is 30.2 Å². The first-order valence-electron chi connectivity index (χ1n) is 9.71. The topological polar surface area (TPSA) is 109 Å². The van der Waals surface area contributed by atoms with Crippen LogP contribution in [0.5, 0.6) is 0 Å². The molecule has 0 saturated carbocycles. The van der Waals surface area contributed by atoms with Gasteiger partial charge in [-0.3, -0.25) is 14.4 Å². The molecule has 0 bridgehead atoms. The van der Waals surface area contributed by atoms with Crippen LogP contribution in [-0.4, -0.2) is 44.5 Å². The number of ether oxygens (including phenoxy) is 1. The van der Waals surface area contributed by atoms with Crippen LogP contribution in [0.3, 0.4) is 0 Å². The Labute approximate surface area is 176 Å². The molecular weight excluding hydrogens is 384 g/mol. The Morgan fingerprint density at radius 3 is 2.00 bits per heavy atom. The number of anilines is 3. The summed E-state index contributed by atoms with van der Waals surface area (Å²) in [6.45, 7) is 4.62. The highest BCUT2D eigenvalue weighted by atomic mass is 16.5. The van der Waals surface area contributed by atoms with Crippen LogP contribution in [0.25, 0.3) is 0 Å². The number of rotatable bonds is 10. The third kappa shape index (κ3) is 7.56. The number of carbonyl (C=O) groups is 3. The molecule has 0 radical (unpaired) electrons. The van der Waals surface area contributed by atoms with Gasteiger partial charge in [-0.1, -0.05) is 13.8 Å². The van der Waals surface area contributed by atoms with Gasteiger partial charge in [-0.25, -0.2) is 0 Å². The summed E-state index contributed by atoms with van der Waals surface area (Å²) in [5.41, 5.74) is 2.57. The van der Waals surface area contributed by atoms with E-state index < -0.39 is 0 Å². The summed E-state index contributed by atoms with van der Waals surface area (Å²) in [7, 11) is 1.57. The Hall–Kier alpha value is -3.39. The molecule has 2 aromatic carbocycles. The van der Waals surface area contributed by atoms with Crippen molar-refractivity contribution >= 4 is 34.8 Å². The van der Waals surface area contributed by atoms with E-state index >= 15 is 0 Å². The van der Waals surface area contributed by atoms with Crippen molar-refractivity contribution in [2.24, 2.45) is 5.92 Å². The Kier molecular flexibility index (Phi) is 8.83. The van der Waals surface area contributed by atoms with Crippen molar-refractivity contribution in [1.29, 1.82) is 0 Å². The van der Waals surface area contributed by atoms with Crippen LogP contribution in [0, 0.1) is 5.92 Å². The molecule has 8 heteroatoms. The van der Waals surface area contributed by atoms with Gasteiger partial charge in [0.2, 0.25) is 11.8 Å². The molecule has 0 aliphatic carbocycles. The molecule has 0 atom stereocenters. The van der Waals surface area contributed by atoms with Crippen LogP contribution >= 0.6 is 0 Å². The van der Waals surface area contributed by atoms with Crippen molar-refractivity contribution in [3.05, 3.63) is 54.1 Å². The van der Waals surface area contributed by atoms with Gasteiger partial charge >= 0.3 is 0 Å². The minimum absolute atomic E-state index is 0.0607. The maximum atomic E-state index is 12.1. The van der Waals surface area contributed by atoms with Crippen LogP contribution in [0.4, 0.5) is 17.1 Å². The minimum Gasteiger partial charge on any atom is -0.383 e. The Morgan fingerprint density at radius 2 is 1.43 bits per heavy atom. The molecule has 3 amide bonds. The maximum absolute atomic E-state index is 12.1. The van der Waals surface area contributed by atoms with Crippen molar-refractivity contribution < 1.29 is 19.1 Å². The molecule has 0 fully saturated rings. The number of benzene rings is 2. The van der Waals surface area contributed by atoms with Crippen molar-refractivity contribution in [2.45, 2.75) is 13.8 Å². The van der Waals surface area contributed by atoms with E-state index in [0.29, 0.717) is 30.1 Å². The van der Waals surface area contributed by atoms with E-state index in [2.05, 4.69) is 21.3 Å². The fourth-order valence-electron chi connectivity index (χ4n) is 2.42. The van der Waals surface area contributed by atoms with Gasteiger partial charge < -0.3 is 26.0 Å². The van der Waals surface area contributed by atoms with Gasteiger partial charge in [-0.05, 0) is 48.5 Å². The predicted octanol–water partition coefficient (Wildman–Crippen LogP) is 2.71. The third-order valence-electron chi connectivity index (χ3n) is 4.15. The number of methoxy groups -OCH3 is 1. The third-order valence-corrected chi connectivity index (χ3v) is 4.15. The van der Waals surface area contributed by atoms with Gasteiger partial charge in [0.25, 0.3) is 5.91 Å². The number of carbonyl (C=O) groups excluding carboxylic acids is 3. The van der Waals surface area contributed by atoms with E-state index in [1.54, 1.807) is 55.6 Å². The Balaban J connectivity index is 1.79. The summed E-state index contributed by atoms with van der Waals surface area (Å²) in [4.78, 5) is 35.8. The van der Waals surface area contributed by atoms with Gasteiger partial charge in [0.05, 0.1) is 13.2 Å². The molecule has 4 N–H and O–H groups in total. The second-order valence-corrected chi connectivity index (χ2v) is 6.95. The predicted molar refractivity (Wildman–Crippen MR) is 118 cm³/mol.